The molecule has 0 atom stereocenters. The molecule has 1 heterocycles. The first kappa shape index (κ1) is 36.9. The number of nitrogens with one attached hydrogen (secondary N) is 2. The van der Waals surface area contributed by atoms with Crippen LogP contribution in [0, 0.1) is 13.8 Å². The summed E-state index contributed by atoms with van der Waals surface area (Å²) < 4.78 is 40.9. The van der Waals surface area contributed by atoms with Gasteiger partial charge in [0.25, 0.3) is 11.8 Å². The number of rotatable bonds is 0. The van der Waals surface area contributed by atoms with Crippen molar-refractivity contribution in [1.29, 1.82) is 0 Å². The molecule has 2 amide bonds. The number of benzene rings is 4. The van der Waals surface area contributed by atoms with Crippen LogP contribution in [0.5, 0.6) is 23.0 Å². The number of para-hydroxylation sites is 2. The van der Waals surface area contributed by atoms with Crippen molar-refractivity contribution < 1.29 is 42.7 Å². The van der Waals surface area contributed by atoms with Crippen molar-refractivity contribution in [3.05, 3.63) is 119 Å². The van der Waals surface area contributed by atoms with Crippen LogP contribution in [0.2, 0.25) is 0 Å². The van der Waals surface area contributed by atoms with Crippen molar-refractivity contribution in [1.82, 2.24) is 0 Å². The molecule has 0 fully saturated rings. The normalized spacial score (nSPS) is 16.1. The van der Waals surface area contributed by atoms with E-state index >= 15 is 0 Å². The minimum Gasteiger partial charge on any atom is -0.490 e. The fourth-order valence-corrected chi connectivity index (χ4v) is 5.04. The predicted molar refractivity (Wildman–Crippen MR) is 195 cm³/mol. The highest BCUT2D eigenvalue weighted by molar-refractivity contribution is 6.07. The lowest BCUT2D eigenvalue weighted by atomic mass is 10.1. The van der Waals surface area contributed by atoms with E-state index in [1.807, 2.05) is 50.2 Å². The van der Waals surface area contributed by atoms with Gasteiger partial charge in [0.05, 0.1) is 62.1 Å². The van der Waals surface area contributed by atoms with Crippen LogP contribution < -0.4 is 29.6 Å². The van der Waals surface area contributed by atoms with E-state index < -0.39 is 0 Å². The van der Waals surface area contributed by atoms with Crippen LogP contribution in [0.3, 0.4) is 0 Å². The van der Waals surface area contributed by atoms with Crippen molar-refractivity contribution in [3.63, 3.8) is 0 Å². The number of anilines is 2. The molecular formula is C40H44N2O9. The van der Waals surface area contributed by atoms with Gasteiger partial charge in [-0.05, 0) is 79.1 Å². The Labute approximate surface area is 298 Å². The topological polar surface area (TPSA) is 123 Å². The second-order valence-electron chi connectivity index (χ2n) is 11.8. The standard InChI is InChI=1S/C40H44N2O9/c1-28-12-14-37-33(24-28)41-39(43)31-8-4-6-10-35(31)48-22-20-46-18-16-45-17-19-47-21-23-49-36-11-7-5-9-32(36)40(44)42-34-25-29(2)13-15-38(34)51-27-30(3)26-50-37/h4-15,24-25H,3,16-23,26-27H2,1-2H3,(H,41,43)(H,42,44). The molecule has 0 unspecified atom stereocenters. The highest BCUT2D eigenvalue weighted by atomic mass is 16.6. The van der Waals surface area contributed by atoms with Gasteiger partial charge in [0.2, 0.25) is 0 Å². The molecule has 0 aromatic heterocycles. The van der Waals surface area contributed by atoms with Crippen LogP contribution in [0.4, 0.5) is 11.4 Å². The average Bonchev–Trinajstić information content (AvgIpc) is 3.12. The van der Waals surface area contributed by atoms with Crippen LogP contribution in [-0.2, 0) is 14.2 Å². The SMILES string of the molecule is C=C1COc2ccc(C)cc2NC(=O)c2ccccc2OCCOCCOCCOCCOc2ccccc2C(=O)Nc2cc(C)ccc2OC1. The first-order valence-electron chi connectivity index (χ1n) is 16.8. The quantitative estimate of drug-likeness (QED) is 0.195. The Morgan fingerprint density at radius 3 is 1.31 bits per heavy atom. The molecule has 0 bridgehead atoms. The zero-order valence-electron chi connectivity index (χ0n) is 29.0. The maximum Gasteiger partial charge on any atom is 0.259 e. The maximum atomic E-state index is 13.4. The fourth-order valence-electron chi connectivity index (χ4n) is 5.04. The molecule has 4 aromatic rings. The minimum atomic E-state index is -0.345. The second kappa shape index (κ2) is 19.1. The van der Waals surface area contributed by atoms with Crippen molar-refractivity contribution in [3.8, 4) is 23.0 Å². The van der Waals surface area contributed by atoms with Gasteiger partial charge in [-0.25, -0.2) is 0 Å². The van der Waals surface area contributed by atoms with Gasteiger partial charge in [0.15, 0.2) is 0 Å². The van der Waals surface area contributed by atoms with Crippen LogP contribution in [0.25, 0.3) is 0 Å². The van der Waals surface area contributed by atoms with Gasteiger partial charge in [-0.2, -0.15) is 0 Å². The van der Waals surface area contributed by atoms with Gasteiger partial charge in [-0.1, -0.05) is 43.0 Å². The Kier molecular flexibility index (Phi) is 13.9. The number of carbonyl (C=O) groups is 2. The molecule has 2 N–H and O–H groups in total. The third kappa shape index (κ3) is 11.3. The summed E-state index contributed by atoms with van der Waals surface area (Å²) in [5.74, 6) is 1.13. The number of fused-ring (bicyclic) bond motifs is 4. The van der Waals surface area contributed by atoms with Gasteiger partial charge in [0.1, 0.15) is 49.4 Å². The summed E-state index contributed by atoms with van der Waals surface area (Å²) in [5, 5.41) is 5.94. The van der Waals surface area contributed by atoms with Crippen molar-refractivity contribution in [2.75, 3.05) is 76.7 Å². The van der Waals surface area contributed by atoms with Crippen molar-refractivity contribution in [2.45, 2.75) is 13.8 Å². The monoisotopic (exact) mass is 696 g/mol. The lowest BCUT2D eigenvalue weighted by molar-refractivity contribution is 0.00493. The van der Waals surface area contributed by atoms with E-state index in [0.717, 1.165) is 11.1 Å². The summed E-state index contributed by atoms with van der Waals surface area (Å²) in [6.45, 7) is 10.9. The molecule has 0 radical (unpaired) electrons. The zero-order chi connectivity index (χ0) is 35.8. The lowest BCUT2D eigenvalue weighted by Crippen LogP contribution is -2.18. The molecule has 1 aliphatic heterocycles. The number of hydrogen-bond donors (Lipinski definition) is 2. The molecule has 4 aromatic carbocycles. The van der Waals surface area contributed by atoms with Crippen molar-refractivity contribution >= 4 is 23.2 Å². The number of hydrogen-bond acceptors (Lipinski definition) is 9. The van der Waals surface area contributed by atoms with Gasteiger partial charge in [-0.3, -0.25) is 9.59 Å². The smallest absolute Gasteiger partial charge is 0.259 e. The highest BCUT2D eigenvalue weighted by Gasteiger charge is 2.17. The maximum absolute atomic E-state index is 13.4. The summed E-state index contributed by atoms with van der Waals surface area (Å²) in [7, 11) is 0. The largest absolute Gasteiger partial charge is 0.490 e. The first-order valence-corrected chi connectivity index (χ1v) is 16.8. The number of amides is 2. The Bertz CT molecular complexity index is 1660. The molecule has 11 nitrogen and oxygen atoms in total. The summed E-state index contributed by atoms with van der Waals surface area (Å²) >= 11 is 0. The van der Waals surface area contributed by atoms with Crippen LogP contribution in [-0.4, -0.2) is 77.9 Å². The number of aryl methyl sites for hydroxylation is 2. The van der Waals surface area contributed by atoms with Crippen LogP contribution >= 0.6 is 0 Å². The molecule has 51 heavy (non-hydrogen) atoms. The molecule has 0 saturated heterocycles. The Hall–Kier alpha value is -5.36. The Morgan fingerprint density at radius 1 is 0.490 bits per heavy atom. The molecule has 0 spiro atoms. The molecule has 0 aliphatic carbocycles. The third-order valence-corrected chi connectivity index (χ3v) is 7.61. The van der Waals surface area contributed by atoms with E-state index in [0.29, 0.717) is 90.7 Å². The van der Waals surface area contributed by atoms with Crippen LogP contribution in [0.15, 0.2) is 97.1 Å². The average molecular weight is 697 g/mol. The lowest BCUT2D eigenvalue weighted by Gasteiger charge is -2.17. The zero-order valence-corrected chi connectivity index (χ0v) is 29.0. The fraction of sp³-hybridized carbons (Fsp3) is 0.300. The third-order valence-electron chi connectivity index (χ3n) is 7.61. The van der Waals surface area contributed by atoms with E-state index in [4.69, 9.17) is 33.2 Å². The first-order chi connectivity index (χ1) is 24.9. The molecule has 0 saturated carbocycles. The Balaban J connectivity index is 1.30. The highest BCUT2D eigenvalue weighted by Crippen LogP contribution is 2.30. The number of carbonyl (C=O) groups excluding carboxylic acids is 2. The van der Waals surface area contributed by atoms with Gasteiger partial charge in [-0.15, -0.1) is 0 Å². The van der Waals surface area contributed by atoms with E-state index in [1.54, 1.807) is 48.5 Å². The van der Waals surface area contributed by atoms with E-state index in [1.165, 1.54) is 0 Å². The van der Waals surface area contributed by atoms with E-state index in [2.05, 4.69) is 17.2 Å². The molecule has 5 rings (SSSR count). The molecule has 11 heteroatoms. The summed E-state index contributed by atoms with van der Waals surface area (Å²) in [6, 6.07) is 25.1. The molecule has 1 aliphatic rings. The molecular weight excluding hydrogens is 652 g/mol. The van der Waals surface area contributed by atoms with Gasteiger partial charge >= 0.3 is 0 Å². The van der Waals surface area contributed by atoms with E-state index in [9.17, 15) is 9.59 Å². The van der Waals surface area contributed by atoms with Crippen molar-refractivity contribution in [2.24, 2.45) is 0 Å². The van der Waals surface area contributed by atoms with E-state index in [-0.39, 0.29) is 38.2 Å². The number of ether oxygens (including phenoxy) is 7. The second-order valence-corrected chi connectivity index (χ2v) is 11.8. The van der Waals surface area contributed by atoms with Gasteiger partial charge in [0, 0.05) is 0 Å². The minimum absolute atomic E-state index is 0.124. The van der Waals surface area contributed by atoms with Crippen LogP contribution in [0.1, 0.15) is 31.8 Å². The summed E-state index contributed by atoms with van der Waals surface area (Å²) in [4.78, 5) is 26.9. The molecule has 268 valence electrons. The predicted octanol–water partition coefficient (Wildman–Crippen LogP) is 6.64. The Morgan fingerprint density at radius 2 is 0.882 bits per heavy atom. The summed E-state index contributed by atoms with van der Waals surface area (Å²) in [6.07, 6.45) is 0. The van der Waals surface area contributed by atoms with Gasteiger partial charge < -0.3 is 43.8 Å². The summed E-state index contributed by atoms with van der Waals surface area (Å²) in [5.41, 5.74) is 4.28.